The van der Waals surface area contributed by atoms with E-state index in [-0.39, 0.29) is 5.56 Å². The summed E-state index contributed by atoms with van der Waals surface area (Å²) < 4.78 is 26.1. The number of hydrogen-bond donors (Lipinski definition) is 2. The van der Waals surface area contributed by atoms with E-state index in [1.54, 1.807) is 18.2 Å². The molecule has 0 bridgehead atoms. The van der Waals surface area contributed by atoms with E-state index >= 15 is 0 Å². The Bertz CT molecular complexity index is 609. The van der Waals surface area contributed by atoms with Gasteiger partial charge in [-0.3, -0.25) is 4.79 Å². The van der Waals surface area contributed by atoms with Crippen molar-refractivity contribution in [2.24, 2.45) is 0 Å². The lowest BCUT2D eigenvalue weighted by Crippen LogP contribution is -2.13. The van der Waals surface area contributed by atoms with Crippen molar-refractivity contribution >= 4 is 11.6 Å². The van der Waals surface area contributed by atoms with Crippen LogP contribution in [0.1, 0.15) is 15.9 Å². The molecular formula is C15H14F2N2O. The van der Waals surface area contributed by atoms with Crippen LogP contribution < -0.4 is 10.6 Å². The molecule has 0 saturated carbocycles. The van der Waals surface area contributed by atoms with Crippen LogP contribution in [0.5, 0.6) is 0 Å². The van der Waals surface area contributed by atoms with E-state index in [2.05, 4.69) is 10.6 Å². The Morgan fingerprint density at radius 2 is 1.80 bits per heavy atom. The maximum Gasteiger partial charge on any atom is 0.255 e. The number of nitrogens with one attached hydrogen (secondary N) is 2. The first-order valence-electron chi connectivity index (χ1n) is 6.09. The molecule has 1 amide bonds. The number of carbonyl (C=O) groups is 1. The van der Waals surface area contributed by atoms with Gasteiger partial charge < -0.3 is 10.6 Å². The van der Waals surface area contributed by atoms with E-state index in [9.17, 15) is 13.6 Å². The first-order valence-corrected chi connectivity index (χ1v) is 6.09. The molecule has 0 spiro atoms. The molecule has 2 rings (SSSR count). The molecule has 0 atom stereocenters. The molecule has 104 valence electrons. The van der Waals surface area contributed by atoms with Gasteiger partial charge in [0.05, 0.1) is 0 Å². The second-order valence-corrected chi connectivity index (χ2v) is 4.34. The number of carbonyl (C=O) groups excluding carboxylic acids is 1. The van der Waals surface area contributed by atoms with Crippen molar-refractivity contribution in [1.82, 2.24) is 5.32 Å². The van der Waals surface area contributed by atoms with E-state index in [0.717, 1.165) is 23.8 Å². The van der Waals surface area contributed by atoms with Crippen LogP contribution in [0.4, 0.5) is 14.5 Å². The predicted molar refractivity (Wildman–Crippen MR) is 73.5 cm³/mol. The normalized spacial score (nSPS) is 10.3. The Labute approximate surface area is 115 Å². The summed E-state index contributed by atoms with van der Waals surface area (Å²) in [6.45, 7) is 0.665. The molecule has 0 aliphatic carbocycles. The third-order valence-corrected chi connectivity index (χ3v) is 2.69. The summed E-state index contributed by atoms with van der Waals surface area (Å²) in [4.78, 5) is 11.9. The summed E-state index contributed by atoms with van der Waals surface area (Å²) in [5.74, 6) is -2.11. The highest BCUT2D eigenvalue weighted by molar-refractivity contribution is 6.04. The summed E-state index contributed by atoms with van der Waals surface area (Å²) in [6.07, 6.45) is 0. The van der Waals surface area contributed by atoms with Crippen LogP contribution in [0, 0.1) is 11.6 Å². The summed E-state index contributed by atoms with van der Waals surface area (Å²) >= 11 is 0. The molecule has 0 aromatic heterocycles. The van der Waals surface area contributed by atoms with Crippen molar-refractivity contribution in [2.45, 2.75) is 6.54 Å². The summed E-state index contributed by atoms with van der Waals surface area (Å²) in [6, 6.07) is 9.94. The van der Waals surface area contributed by atoms with Crippen molar-refractivity contribution < 1.29 is 13.6 Å². The zero-order chi connectivity index (χ0) is 14.5. The van der Waals surface area contributed by atoms with Crippen LogP contribution in [-0.2, 0) is 6.54 Å². The maximum absolute atomic E-state index is 13.1. The third-order valence-electron chi connectivity index (χ3n) is 2.69. The lowest BCUT2D eigenvalue weighted by Gasteiger charge is -2.07. The van der Waals surface area contributed by atoms with Gasteiger partial charge in [0, 0.05) is 23.9 Å². The monoisotopic (exact) mass is 276 g/mol. The Kier molecular flexibility index (Phi) is 4.42. The molecule has 3 nitrogen and oxygen atoms in total. The second kappa shape index (κ2) is 6.25. The number of hydrogen-bond acceptors (Lipinski definition) is 2. The minimum Gasteiger partial charge on any atom is -0.322 e. The van der Waals surface area contributed by atoms with E-state index in [0.29, 0.717) is 12.2 Å². The number of halogens is 2. The van der Waals surface area contributed by atoms with E-state index in [4.69, 9.17) is 0 Å². The Hall–Kier alpha value is -2.27. The van der Waals surface area contributed by atoms with Crippen LogP contribution >= 0.6 is 0 Å². The van der Waals surface area contributed by atoms with Gasteiger partial charge in [0.15, 0.2) is 0 Å². The zero-order valence-electron chi connectivity index (χ0n) is 10.9. The van der Waals surface area contributed by atoms with Gasteiger partial charge in [0.25, 0.3) is 5.91 Å². The SMILES string of the molecule is CNCc1cccc(NC(=O)c2cc(F)cc(F)c2)c1. The van der Waals surface area contributed by atoms with Crippen LogP contribution in [0.3, 0.4) is 0 Å². The zero-order valence-corrected chi connectivity index (χ0v) is 10.9. The minimum absolute atomic E-state index is 0.0541. The van der Waals surface area contributed by atoms with E-state index in [1.165, 1.54) is 0 Å². The van der Waals surface area contributed by atoms with E-state index in [1.807, 2.05) is 13.1 Å². The molecule has 2 aromatic rings. The molecule has 0 fully saturated rings. The fourth-order valence-electron chi connectivity index (χ4n) is 1.85. The number of anilines is 1. The Balaban J connectivity index is 2.16. The second-order valence-electron chi connectivity index (χ2n) is 4.34. The van der Waals surface area contributed by atoms with Crippen LogP contribution in [0.15, 0.2) is 42.5 Å². The highest BCUT2D eigenvalue weighted by atomic mass is 19.1. The average Bonchev–Trinajstić information content (AvgIpc) is 2.38. The number of benzene rings is 2. The van der Waals surface area contributed by atoms with E-state index < -0.39 is 17.5 Å². The minimum atomic E-state index is -0.779. The maximum atomic E-state index is 13.1. The molecule has 0 aliphatic rings. The molecule has 20 heavy (non-hydrogen) atoms. The lowest BCUT2D eigenvalue weighted by atomic mass is 10.1. The highest BCUT2D eigenvalue weighted by Crippen LogP contribution is 2.14. The standard InChI is InChI=1S/C15H14F2N2O/c1-18-9-10-3-2-4-14(5-10)19-15(20)11-6-12(16)8-13(17)7-11/h2-8,18H,9H2,1H3,(H,19,20). The molecule has 2 N–H and O–H groups in total. The molecule has 2 aromatic carbocycles. The van der Waals surface area contributed by atoms with Gasteiger partial charge >= 0.3 is 0 Å². The third kappa shape index (κ3) is 3.61. The summed E-state index contributed by atoms with van der Waals surface area (Å²) in [5, 5.41) is 5.61. The van der Waals surface area contributed by atoms with Gasteiger partial charge in [-0.2, -0.15) is 0 Å². The average molecular weight is 276 g/mol. The van der Waals surface area contributed by atoms with Crippen molar-refractivity contribution in [3.8, 4) is 0 Å². The van der Waals surface area contributed by atoms with Gasteiger partial charge in [0.2, 0.25) is 0 Å². The molecule has 0 aliphatic heterocycles. The smallest absolute Gasteiger partial charge is 0.255 e. The first-order chi connectivity index (χ1) is 9.58. The van der Waals surface area contributed by atoms with Crippen molar-refractivity contribution in [3.05, 3.63) is 65.2 Å². The number of rotatable bonds is 4. The van der Waals surface area contributed by atoms with Gasteiger partial charge in [-0.15, -0.1) is 0 Å². The van der Waals surface area contributed by atoms with Gasteiger partial charge in [-0.25, -0.2) is 8.78 Å². The molecular weight excluding hydrogens is 262 g/mol. The van der Waals surface area contributed by atoms with Crippen molar-refractivity contribution in [2.75, 3.05) is 12.4 Å². The van der Waals surface area contributed by atoms with Crippen LogP contribution in [0.2, 0.25) is 0 Å². The van der Waals surface area contributed by atoms with Gasteiger partial charge in [-0.1, -0.05) is 12.1 Å². The first kappa shape index (κ1) is 14.1. The Morgan fingerprint density at radius 1 is 1.10 bits per heavy atom. The highest BCUT2D eigenvalue weighted by Gasteiger charge is 2.09. The molecule has 0 unspecified atom stereocenters. The topological polar surface area (TPSA) is 41.1 Å². The Morgan fingerprint density at radius 3 is 2.45 bits per heavy atom. The number of amides is 1. The van der Waals surface area contributed by atoms with Crippen molar-refractivity contribution in [3.63, 3.8) is 0 Å². The largest absolute Gasteiger partial charge is 0.322 e. The van der Waals surface area contributed by atoms with Crippen molar-refractivity contribution in [1.29, 1.82) is 0 Å². The van der Waals surface area contributed by atoms with Crippen LogP contribution in [-0.4, -0.2) is 13.0 Å². The lowest BCUT2D eigenvalue weighted by molar-refractivity contribution is 0.102. The molecule has 0 heterocycles. The summed E-state index contributed by atoms with van der Waals surface area (Å²) in [5.41, 5.74) is 1.52. The molecule has 0 radical (unpaired) electrons. The van der Waals surface area contributed by atoms with Gasteiger partial charge in [0.1, 0.15) is 11.6 Å². The molecule has 0 saturated heterocycles. The predicted octanol–water partition coefficient (Wildman–Crippen LogP) is 2.94. The fourth-order valence-corrected chi connectivity index (χ4v) is 1.85. The quantitative estimate of drug-likeness (QED) is 0.901. The van der Waals surface area contributed by atoms with Gasteiger partial charge in [-0.05, 0) is 36.9 Å². The molecule has 5 heteroatoms. The summed E-state index contributed by atoms with van der Waals surface area (Å²) in [7, 11) is 1.82. The fraction of sp³-hybridized carbons (Fsp3) is 0.133. The van der Waals surface area contributed by atoms with Crippen LogP contribution in [0.25, 0.3) is 0 Å².